The molecule has 4 rings (SSSR count). The van der Waals surface area contributed by atoms with Gasteiger partial charge in [-0.1, -0.05) is 24.3 Å². The highest BCUT2D eigenvalue weighted by Gasteiger charge is 2.32. The second-order valence-electron chi connectivity index (χ2n) is 7.48. The maximum absolute atomic E-state index is 13.8. The molecule has 3 aromatic rings. The van der Waals surface area contributed by atoms with Crippen molar-refractivity contribution in [1.29, 1.82) is 0 Å². The number of carbonyl (C=O) groups is 1. The lowest BCUT2D eigenvalue weighted by atomic mass is 10.2. The summed E-state index contributed by atoms with van der Waals surface area (Å²) in [6.07, 6.45) is 0. The van der Waals surface area contributed by atoms with Gasteiger partial charge < -0.3 is 15.0 Å². The molecule has 0 unspecified atom stereocenters. The van der Waals surface area contributed by atoms with E-state index in [4.69, 9.17) is 4.74 Å². The van der Waals surface area contributed by atoms with Crippen molar-refractivity contribution in [2.45, 2.75) is 11.4 Å². The molecule has 2 heterocycles. The first-order valence-corrected chi connectivity index (χ1v) is 12.7. The Hall–Kier alpha value is -2.95. The number of methoxy groups -OCH3 is 1. The van der Waals surface area contributed by atoms with Crippen molar-refractivity contribution in [3.05, 3.63) is 76.2 Å². The van der Waals surface area contributed by atoms with Gasteiger partial charge in [0.15, 0.2) is 0 Å². The molecule has 0 atom stereocenters. The van der Waals surface area contributed by atoms with Crippen LogP contribution in [0, 0.1) is 5.82 Å². The Balaban J connectivity index is 1.44. The number of hydrogen-bond acceptors (Lipinski definition) is 6. The van der Waals surface area contributed by atoms with E-state index in [9.17, 15) is 17.6 Å². The lowest BCUT2D eigenvalue weighted by molar-refractivity contribution is 0.0951. The minimum Gasteiger partial charge on any atom is -0.497 e. The third kappa shape index (κ3) is 5.02. The molecular weight excluding hydrogens is 465 g/mol. The molecule has 0 spiro atoms. The number of thiophene rings is 1. The summed E-state index contributed by atoms with van der Waals surface area (Å²) in [5, 5.41) is 4.21. The number of halogens is 1. The molecular formula is C23H24FN3O4S2. The highest BCUT2D eigenvalue weighted by Crippen LogP contribution is 2.28. The molecule has 1 amide bonds. The number of piperazine rings is 1. The largest absolute Gasteiger partial charge is 0.497 e. The molecule has 0 bridgehead atoms. The first-order chi connectivity index (χ1) is 15.9. The fraction of sp³-hybridized carbons (Fsp3) is 0.261. The SMILES string of the molecule is COc1cccc(N2CCN(S(=O)(=O)c3ccsc3C(=O)NCc3ccccc3F)CC2)c1. The summed E-state index contributed by atoms with van der Waals surface area (Å²) in [5.41, 5.74) is 1.30. The first-order valence-electron chi connectivity index (χ1n) is 10.4. The lowest BCUT2D eigenvalue weighted by Crippen LogP contribution is -2.48. The smallest absolute Gasteiger partial charge is 0.263 e. The number of rotatable bonds is 7. The average Bonchev–Trinajstić information content (AvgIpc) is 3.35. The fourth-order valence-electron chi connectivity index (χ4n) is 3.70. The molecule has 10 heteroatoms. The number of sulfonamides is 1. The third-order valence-corrected chi connectivity index (χ3v) is 8.49. The van der Waals surface area contributed by atoms with Crippen LogP contribution in [-0.4, -0.2) is 51.9 Å². The number of ether oxygens (including phenoxy) is 1. The van der Waals surface area contributed by atoms with E-state index in [-0.39, 0.29) is 16.3 Å². The van der Waals surface area contributed by atoms with E-state index in [1.54, 1.807) is 30.7 Å². The van der Waals surface area contributed by atoms with Crippen molar-refractivity contribution in [1.82, 2.24) is 9.62 Å². The van der Waals surface area contributed by atoms with Gasteiger partial charge in [-0.3, -0.25) is 4.79 Å². The van der Waals surface area contributed by atoms with Gasteiger partial charge >= 0.3 is 0 Å². The van der Waals surface area contributed by atoms with Gasteiger partial charge in [-0.15, -0.1) is 11.3 Å². The first kappa shape index (κ1) is 23.2. The summed E-state index contributed by atoms with van der Waals surface area (Å²) in [7, 11) is -2.24. The van der Waals surface area contributed by atoms with Crippen molar-refractivity contribution in [3.63, 3.8) is 0 Å². The molecule has 1 saturated heterocycles. The van der Waals surface area contributed by atoms with Gasteiger partial charge in [0.1, 0.15) is 21.3 Å². The van der Waals surface area contributed by atoms with Gasteiger partial charge in [-0.2, -0.15) is 4.31 Å². The van der Waals surface area contributed by atoms with Crippen LogP contribution in [0.5, 0.6) is 5.75 Å². The second-order valence-corrected chi connectivity index (χ2v) is 10.3. The zero-order chi connectivity index (χ0) is 23.4. The van der Waals surface area contributed by atoms with Crippen LogP contribution < -0.4 is 15.0 Å². The molecule has 0 aliphatic carbocycles. The van der Waals surface area contributed by atoms with E-state index in [1.807, 2.05) is 24.3 Å². The van der Waals surface area contributed by atoms with E-state index < -0.39 is 21.7 Å². The number of hydrogen-bond donors (Lipinski definition) is 1. The summed E-state index contributed by atoms with van der Waals surface area (Å²) in [6, 6.07) is 15.2. The zero-order valence-corrected chi connectivity index (χ0v) is 19.7. The van der Waals surface area contributed by atoms with Crippen molar-refractivity contribution in [2.24, 2.45) is 0 Å². The van der Waals surface area contributed by atoms with E-state index in [0.29, 0.717) is 31.7 Å². The zero-order valence-electron chi connectivity index (χ0n) is 18.0. The van der Waals surface area contributed by atoms with Crippen LogP contribution in [0.4, 0.5) is 10.1 Å². The Morgan fingerprint density at radius 2 is 1.85 bits per heavy atom. The number of amides is 1. The van der Waals surface area contributed by atoms with Gasteiger partial charge in [0.25, 0.3) is 5.91 Å². The Morgan fingerprint density at radius 1 is 1.09 bits per heavy atom. The molecule has 2 aromatic carbocycles. The van der Waals surface area contributed by atoms with Gasteiger partial charge in [0, 0.05) is 50.0 Å². The van der Waals surface area contributed by atoms with Gasteiger partial charge in [0.2, 0.25) is 10.0 Å². The molecule has 1 N–H and O–H groups in total. The minimum atomic E-state index is -3.85. The summed E-state index contributed by atoms with van der Waals surface area (Å²) in [6.45, 7) is 1.61. The standard InChI is InChI=1S/C23H24FN3O4S2/c1-31-19-7-4-6-18(15-19)26-10-12-27(13-11-26)33(29,30)21-9-14-32-22(21)23(28)25-16-17-5-2-3-8-20(17)24/h2-9,14-15H,10-13,16H2,1H3,(H,25,28). The molecule has 1 aromatic heterocycles. The number of benzene rings is 2. The van der Waals surface area contributed by atoms with Crippen LogP contribution in [0.3, 0.4) is 0 Å². The summed E-state index contributed by atoms with van der Waals surface area (Å²) >= 11 is 1.05. The molecule has 1 aliphatic heterocycles. The van der Waals surface area contributed by atoms with Crippen LogP contribution in [-0.2, 0) is 16.6 Å². The monoisotopic (exact) mass is 489 g/mol. The van der Waals surface area contributed by atoms with E-state index in [2.05, 4.69) is 10.2 Å². The maximum Gasteiger partial charge on any atom is 0.263 e. The number of nitrogens with one attached hydrogen (secondary N) is 1. The van der Waals surface area contributed by atoms with Crippen LogP contribution in [0.1, 0.15) is 15.2 Å². The third-order valence-electron chi connectivity index (χ3n) is 5.51. The summed E-state index contributed by atoms with van der Waals surface area (Å²) < 4.78 is 47.1. The Morgan fingerprint density at radius 3 is 2.58 bits per heavy atom. The lowest BCUT2D eigenvalue weighted by Gasteiger charge is -2.35. The van der Waals surface area contributed by atoms with Gasteiger partial charge in [-0.25, -0.2) is 12.8 Å². The van der Waals surface area contributed by atoms with Crippen molar-refractivity contribution in [3.8, 4) is 5.75 Å². The topological polar surface area (TPSA) is 79.0 Å². The normalized spacial score (nSPS) is 14.8. The number of anilines is 1. The predicted molar refractivity (Wildman–Crippen MR) is 126 cm³/mol. The van der Waals surface area contributed by atoms with Crippen LogP contribution >= 0.6 is 11.3 Å². The summed E-state index contributed by atoms with van der Waals surface area (Å²) in [4.78, 5) is 14.9. The Bertz CT molecular complexity index is 1240. The molecule has 174 valence electrons. The van der Waals surface area contributed by atoms with Crippen molar-refractivity contribution < 1.29 is 22.3 Å². The predicted octanol–water partition coefficient (Wildman–Crippen LogP) is 3.34. The van der Waals surface area contributed by atoms with E-state index in [0.717, 1.165) is 22.8 Å². The van der Waals surface area contributed by atoms with Crippen molar-refractivity contribution >= 4 is 33.0 Å². The second kappa shape index (κ2) is 9.90. The molecule has 0 saturated carbocycles. The minimum absolute atomic E-state index is 0.0200. The van der Waals surface area contributed by atoms with Crippen LogP contribution in [0.2, 0.25) is 0 Å². The molecule has 7 nitrogen and oxygen atoms in total. The van der Waals surface area contributed by atoms with Crippen LogP contribution in [0.25, 0.3) is 0 Å². The van der Waals surface area contributed by atoms with Gasteiger partial charge in [-0.05, 0) is 29.6 Å². The maximum atomic E-state index is 13.8. The fourth-order valence-corrected chi connectivity index (χ4v) is 6.44. The Labute approximate surface area is 196 Å². The molecule has 1 aliphatic rings. The molecule has 0 radical (unpaired) electrons. The molecule has 33 heavy (non-hydrogen) atoms. The van der Waals surface area contributed by atoms with Gasteiger partial charge in [0.05, 0.1) is 7.11 Å². The quantitative estimate of drug-likeness (QED) is 0.551. The number of carbonyl (C=O) groups excluding carboxylic acids is 1. The number of nitrogens with zero attached hydrogens (tertiary/aromatic N) is 2. The van der Waals surface area contributed by atoms with E-state index >= 15 is 0 Å². The Kier molecular flexibility index (Phi) is 6.96. The highest BCUT2D eigenvalue weighted by molar-refractivity contribution is 7.89. The van der Waals surface area contributed by atoms with E-state index in [1.165, 1.54) is 16.4 Å². The summed E-state index contributed by atoms with van der Waals surface area (Å²) in [5.74, 6) is -0.223. The van der Waals surface area contributed by atoms with Crippen LogP contribution in [0.15, 0.2) is 64.9 Å². The van der Waals surface area contributed by atoms with Crippen molar-refractivity contribution in [2.75, 3.05) is 38.2 Å². The molecule has 1 fully saturated rings. The average molecular weight is 490 g/mol. The highest BCUT2D eigenvalue weighted by atomic mass is 32.2.